The van der Waals surface area contributed by atoms with Gasteiger partial charge in [0.05, 0.1) is 12.0 Å². The smallest absolute Gasteiger partial charge is 0.243 e. The SMILES string of the molecule is COc1cc(C)c(S(=O)(=O)N(C)CCC(=O)N[C@H]2CC[C@H](N3CCC(CN4CCCC4)CC3)CC2)c(C)c1. The number of rotatable bonds is 10. The molecule has 1 N–H and O–H groups in total. The lowest BCUT2D eigenvalue weighted by atomic mass is 9.87. The second-order valence-electron chi connectivity index (χ2n) is 11.7. The predicted molar refractivity (Wildman–Crippen MR) is 151 cm³/mol. The van der Waals surface area contributed by atoms with Gasteiger partial charge in [-0.25, -0.2) is 12.7 Å². The fraction of sp³-hybridized carbons (Fsp3) is 0.759. The first-order valence-electron chi connectivity index (χ1n) is 14.5. The molecule has 0 spiro atoms. The minimum absolute atomic E-state index is 0.0681. The van der Waals surface area contributed by atoms with Crippen molar-refractivity contribution in [2.24, 2.45) is 5.92 Å². The molecule has 2 aliphatic heterocycles. The highest BCUT2D eigenvalue weighted by atomic mass is 32.2. The van der Waals surface area contributed by atoms with Crippen LogP contribution in [0, 0.1) is 19.8 Å². The third-order valence-electron chi connectivity index (χ3n) is 8.93. The topological polar surface area (TPSA) is 82.2 Å². The lowest BCUT2D eigenvalue weighted by Gasteiger charge is -2.41. The molecular formula is C29H48N4O4S. The number of sulfonamides is 1. The van der Waals surface area contributed by atoms with Crippen molar-refractivity contribution in [1.29, 1.82) is 0 Å². The van der Waals surface area contributed by atoms with Crippen LogP contribution in [0.2, 0.25) is 0 Å². The lowest BCUT2D eigenvalue weighted by molar-refractivity contribution is -0.122. The number of hydrogen-bond acceptors (Lipinski definition) is 6. The predicted octanol–water partition coefficient (Wildman–Crippen LogP) is 3.56. The molecule has 0 unspecified atom stereocenters. The Balaban J connectivity index is 1.17. The number of likely N-dealkylation sites (tertiary alicyclic amines) is 2. The summed E-state index contributed by atoms with van der Waals surface area (Å²) in [4.78, 5) is 18.3. The Morgan fingerprint density at radius 2 is 1.61 bits per heavy atom. The van der Waals surface area contributed by atoms with Crippen molar-refractivity contribution in [1.82, 2.24) is 19.4 Å². The number of nitrogens with zero attached hydrogens (tertiary/aromatic N) is 3. The van der Waals surface area contributed by atoms with Crippen LogP contribution in [0.25, 0.3) is 0 Å². The maximum absolute atomic E-state index is 13.2. The molecule has 0 bridgehead atoms. The van der Waals surface area contributed by atoms with Crippen LogP contribution >= 0.6 is 0 Å². The van der Waals surface area contributed by atoms with Crippen LogP contribution in [-0.2, 0) is 14.8 Å². The summed E-state index contributed by atoms with van der Waals surface area (Å²) < 4.78 is 33.0. The molecule has 1 aliphatic carbocycles. The van der Waals surface area contributed by atoms with Crippen molar-refractivity contribution in [3.05, 3.63) is 23.3 Å². The summed E-state index contributed by atoms with van der Waals surface area (Å²) >= 11 is 0. The molecule has 9 heteroatoms. The zero-order valence-electron chi connectivity index (χ0n) is 23.9. The highest BCUT2D eigenvalue weighted by Gasteiger charge is 2.31. The molecule has 2 heterocycles. The van der Waals surface area contributed by atoms with Gasteiger partial charge in [-0.2, -0.15) is 0 Å². The number of carbonyl (C=O) groups excluding carboxylic acids is 1. The van der Waals surface area contributed by atoms with Gasteiger partial charge >= 0.3 is 0 Å². The van der Waals surface area contributed by atoms with E-state index in [0.717, 1.165) is 31.6 Å². The highest BCUT2D eigenvalue weighted by molar-refractivity contribution is 7.89. The second kappa shape index (κ2) is 13.1. The summed E-state index contributed by atoms with van der Waals surface area (Å²) in [6, 6.07) is 4.30. The zero-order valence-corrected chi connectivity index (χ0v) is 24.7. The molecule has 8 nitrogen and oxygen atoms in total. The third kappa shape index (κ3) is 7.29. The van der Waals surface area contributed by atoms with Gasteiger partial charge < -0.3 is 19.9 Å². The van der Waals surface area contributed by atoms with Gasteiger partial charge in [-0.05, 0) is 121 Å². The fourth-order valence-corrected chi connectivity index (χ4v) is 8.26. The van der Waals surface area contributed by atoms with Gasteiger partial charge in [0.15, 0.2) is 0 Å². The van der Waals surface area contributed by atoms with E-state index in [-0.39, 0.29) is 24.9 Å². The van der Waals surface area contributed by atoms with E-state index in [4.69, 9.17) is 4.74 Å². The molecule has 0 atom stereocenters. The number of aryl methyl sites for hydroxylation is 2. The van der Waals surface area contributed by atoms with Crippen LogP contribution in [0.15, 0.2) is 17.0 Å². The number of nitrogens with one attached hydrogen (secondary N) is 1. The molecule has 0 aromatic heterocycles. The maximum atomic E-state index is 13.2. The average Bonchev–Trinajstić information content (AvgIpc) is 3.40. The van der Waals surface area contributed by atoms with E-state index in [1.54, 1.807) is 40.1 Å². The number of carbonyl (C=O) groups is 1. The molecule has 38 heavy (non-hydrogen) atoms. The fourth-order valence-electron chi connectivity index (χ4n) is 6.69. The van der Waals surface area contributed by atoms with Crippen molar-refractivity contribution < 1.29 is 17.9 Å². The minimum Gasteiger partial charge on any atom is -0.497 e. The van der Waals surface area contributed by atoms with Crippen molar-refractivity contribution in [3.63, 3.8) is 0 Å². The van der Waals surface area contributed by atoms with Crippen molar-refractivity contribution in [2.45, 2.75) is 88.6 Å². The standard InChI is InChI=1S/C29H48N4O4S/c1-22-19-27(37-4)20-23(2)29(22)38(35,36)31(3)16-13-28(34)30-25-7-9-26(10-8-25)33-17-11-24(12-18-33)21-32-14-5-6-15-32/h19-20,24-26H,5-18,21H2,1-4H3,(H,30,34)/t25-,26-. The van der Waals surface area contributed by atoms with Crippen LogP contribution in [0.4, 0.5) is 0 Å². The van der Waals surface area contributed by atoms with E-state index < -0.39 is 10.0 Å². The minimum atomic E-state index is -3.70. The molecule has 4 rings (SSSR count). The molecule has 3 fully saturated rings. The zero-order chi connectivity index (χ0) is 27.3. The molecule has 3 aliphatic rings. The van der Waals surface area contributed by atoms with Gasteiger partial charge in [0.2, 0.25) is 15.9 Å². The number of benzene rings is 1. The lowest BCUT2D eigenvalue weighted by Crippen LogP contribution is -2.47. The first-order valence-corrected chi connectivity index (χ1v) is 16.0. The molecule has 1 aromatic carbocycles. The summed E-state index contributed by atoms with van der Waals surface area (Å²) in [7, 11) is -0.580. The summed E-state index contributed by atoms with van der Waals surface area (Å²) in [5, 5.41) is 3.17. The van der Waals surface area contributed by atoms with Crippen LogP contribution in [0.5, 0.6) is 5.75 Å². The summed E-state index contributed by atoms with van der Waals surface area (Å²) in [6.07, 6.45) is 9.81. The average molecular weight is 549 g/mol. The van der Waals surface area contributed by atoms with E-state index >= 15 is 0 Å². The molecule has 0 radical (unpaired) electrons. The summed E-state index contributed by atoms with van der Waals surface area (Å²) in [5.74, 6) is 1.43. The van der Waals surface area contributed by atoms with E-state index in [9.17, 15) is 13.2 Å². The number of amides is 1. The van der Waals surface area contributed by atoms with E-state index in [1.165, 1.54) is 62.7 Å². The van der Waals surface area contributed by atoms with Gasteiger partial charge in [-0.1, -0.05) is 0 Å². The molecule has 1 amide bonds. The number of methoxy groups -OCH3 is 1. The van der Waals surface area contributed by atoms with Gasteiger partial charge in [0.25, 0.3) is 0 Å². The molecule has 214 valence electrons. The Morgan fingerprint density at radius 3 is 2.18 bits per heavy atom. The summed E-state index contributed by atoms with van der Waals surface area (Å²) in [5.41, 5.74) is 1.29. The third-order valence-corrected chi connectivity index (χ3v) is 11.1. The largest absolute Gasteiger partial charge is 0.497 e. The molecular weight excluding hydrogens is 500 g/mol. The number of ether oxygens (including phenoxy) is 1. The van der Waals surface area contributed by atoms with Crippen LogP contribution < -0.4 is 10.1 Å². The Labute approximate surface area is 230 Å². The van der Waals surface area contributed by atoms with Crippen molar-refractivity contribution in [3.8, 4) is 5.75 Å². The normalized spacial score (nSPS) is 24.1. The van der Waals surface area contributed by atoms with Crippen LogP contribution in [0.1, 0.15) is 68.9 Å². The Morgan fingerprint density at radius 1 is 1.00 bits per heavy atom. The molecule has 2 saturated heterocycles. The van der Waals surface area contributed by atoms with Crippen molar-refractivity contribution >= 4 is 15.9 Å². The van der Waals surface area contributed by atoms with Crippen LogP contribution in [-0.4, -0.2) is 93.9 Å². The highest BCUT2D eigenvalue weighted by Crippen LogP contribution is 2.29. The molecule has 1 saturated carbocycles. The first-order chi connectivity index (χ1) is 18.2. The monoisotopic (exact) mass is 548 g/mol. The first kappa shape index (κ1) is 29.3. The Hall–Kier alpha value is -1.68. The van der Waals surface area contributed by atoms with Gasteiger partial charge in [0, 0.05) is 38.6 Å². The summed E-state index contributed by atoms with van der Waals surface area (Å²) in [6.45, 7) is 10.0. The number of piperidine rings is 1. The van der Waals surface area contributed by atoms with E-state index in [0.29, 0.717) is 27.8 Å². The van der Waals surface area contributed by atoms with Crippen molar-refractivity contribution in [2.75, 3.05) is 53.4 Å². The maximum Gasteiger partial charge on any atom is 0.243 e. The number of hydrogen-bond donors (Lipinski definition) is 1. The van der Waals surface area contributed by atoms with E-state index in [2.05, 4.69) is 15.1 Å². The van der Waals surface area contributed by atoms with Crippen LogP contribution in [0.3, 0.4) is 0 Å². The van der Waals surface area contributed by atoms with Gasteiger partial charge in [0.1, 0.15) is 5.75 Å². The van der Waals surface area contributed by atoms with Gasteiger partial charge in [-0.15, -0.1) is 0 Å². The van der Waals surface area contributed by atoms with Gasteiger partial charge in [-0.3, -0.25) is 4.79 Å². The second-order valence-corrected chi connectivity index (χ2v) is 13.7. The Kier molecular flexibility index (Phi) is 10.1. The quantitative estimate of drug-likeness (QED) is 0.482. The Bertz CT molecular complexity index is 1020. The van der Waals surface area contributed by atoms with E-state index in [1.807, 2.05) is 0 Å². The molecule has 1 aromatic rings.